The zero-order chi connectivity index (χ0) is 23.7. The van der Waals surface area contributed by atoms with Gasteiger partial charge in [-0.1, -0.05) is 12.1 Å². The number of aromatic nitrogens is 2. The van der Waals surface area contributed by atoms with Gasteiger partial charge in [0, 0.05) is 16.5 Å². The molecule has 0 aliphatic rings. The quantitative estimate of drug-likeness (QED) is 0.441. The van der Waals surface area contributed by atoms with E-state index in [-0.39, 0.29) is 11.4 Å². The zero-order valence-corrected chi connectivity index (χ0v) is 19.3. The Morgan fingerprint density at radius 1 is 1.15 bits per heavy atom. The summed E-state index contributed by atoms with van der Waals surface area (Å²) in [5.41, 5.74) is 1.50. The number of anilines is 1. The van der Waals surface area contributed by atoms with Crippen molar-refractivity contribution in [2.75, 3.05) is 19.5 Å². The van der Waals surface area contributed by atoms with E-state index in [0.717, 1.165) is 10.4 Å². The molecule has 1 amide bonds. The van der Waals surface area contributed by atoms with Crippen LogP contribution < -0.4 is 20.3 Å². The summed E-state index contributed by atoms with van der Waals surface area (Å²) in [6.45, 7) is 3.51. The molecule has 170 valence electrons. The van der Waals surface area contributed by atoms with Crippen LogP contribution in [0.4, 0.5) is 10.1 Å². The van der Waals surface area contributed by atoms with Gasteiger partial charge in [0.25, 0.3) is 5.56 Å². The predicted molar refractivity (Wildman–Crippen MR) is 127 cm³/mol. The first-order chi connectivity index (χ1) is 15.8. The molecule has 0 aliphatic heterocycles. The fourth-order valence-electron chi connectivity index (χ4n) is 3.63. The van der Waals surface area contributed by atoms with Gasteiger partial charge in [0.1, 0.15) is 28.2 Å². The van der Waals surface area contributed by atoms with Crippen molar-refractivity contribution >= 4 is 33.1 Å². The Balaban J connectivity index is 1.74. The summed E-state index contributed by atoms with van der Waals surface area (Å²) in [5.74, 6) is 0.242. The van der Waals surface area contributed by atoms with Crippen LogP contribution >= 0.6 is 11.3 Å². The molecule has 33 heavy (non-hydrogen) atoms. The predicted octanol–water partition coefficient (Wildman–Crippen LogP) is 4.79. The van der Waals surface area contributed by atoms with Gasteiger partial charge in [0.2, 0.25) is 5.91 Å². The van der Waals surface area contributed by atoms with Crippen LogP contribution in [0.3, 0.4) is 0 Å². The van der Waals surface area contributed by atoms with Gasteiger partial charge in [-0.05, 0) is 43.7 Å². The number of carbonyl (C=O) groups excluding carboxylic acids is 1. The van der Waals surface area contributed by atoms with E-state index in [2.05, 4.69) is 10.3 Å². The van der Waals surface area contributed by atoms with E-state index < -0.39 is 11.9 Å². The van der Waals surface area contributed by atoms with E-state index in [1.54, 1.807) is 37.3 Å². The molecule has 4 rings (SSSR count). The van der Waals surface area contributed by atoms with E-state index in [1.807, 2.05) is 6.92 Å². The first-order valence-electron chi connectivity index (χ1n) is 10.1. The highest BCUT2D eigenvalue weighted by Crippen LogP contribution is 2.36. The van der Waals surface area contributed by atoms with Crippen LogP contribution in [-0.4, -0.2) is 29.7 Å². The van der Waals surface area contributed by atoms with Crippen LogP contribution in [0.25, 0.3) is 21.3 Å². The molecular weight excluding hydrogens is 445 g/mol. The number of nitrogens with zero attached hydrogens (tertiary/aromatic N) is 2. The van der Waals surface area contributed by atoms with Crippen molar-refractivity contribution in [1.82, 2.24) is 9.55 Å². The third kappa shape index (κ3) is 4.19. The number of halogens is 1. The number of benzene rings is 2. The van der Waals surface area contributed by atoms with E-state index in [0.29, 0.717) is 33.0 Å². The average molecular weight is 468 g/mol. The lowest BCUT2D eigenvalue weighted by atomic mass is 10.0. The second-order valence-electron chi connectivity index (χ2n) is 7.41. The molecule has 2 heterocycles. The summed E-state index contributed by atoms with van der Waals surface area (Å²) >= 11 is 1.38. The number of nitrogens with one attached hydrogen (secondary N) is 1. The van der Waals surface area contributed by atoms with Gasteiger partial charge in [0.05, 0.1) is 31.6 Å². The summed E-state index contributed by atoms with van der Waals surface area (Å²) in [6.07, 6.45) is 1.38. The molecule has 0 aliphatic carbocycles. The molecule has 1 unspecified atom stereocenters. The standard InChI is InChI=1S/C24H22FN3O4S/c1-13(22(29)27-18-11-17(31-3)9-10-19(18)32-4)28-12-26-23-21(24(28)30)20(14(2)33-23)15-5-7-16(25)8-6-15/h5-13H,1-4H3,(H,27,29). The molecule has 0 spiro atoms. The molecule has 0 saturated heterocycles. The number of methoxy groups -OCH3 is 2. The molecule has 7 nitrogen and oxygen atoms in total. The van der Waals surface area contributed by atoms with Crippen LogP contribution in [-0.2, 0) is 4.79 Å². The van der Waals surface area contributed by atoms with Gasteiger partial charge in [0.15, 0.2) is 0 Å². The third-order valence-corrected chi connectivity index (χ3v) is 6.42. The number of hydrogen-bond donors (Lipinski definition) is 1. The second kappa shape index (κ2) is 9.03. The van der Waals surface area contributed by atoms with Gasteiger partial charge in [-0.3, -0.25) is 14.2 Å². The number of thiophene rings is 1. The Bertz CT molecular complexity index is 1400. The molecule has 0 fully saturated rings. The Morgan fingerprint density at radius 3 is 2.55 bits per heavy atom. The average Bonchev–Trinajstić information content (AvgIpc) is 3.16. The molecule has 1 N–H and O–H groups in total. The number of carbonyl (C=O) groups is 1. The molecule has 0 saturated carbocycles. The summed E-state index contributed by atoms with van der Waals surface area (Å²) in [6, 6.07) is 10.2. The largest absolute Gasteiger partial charge is 0.497 e. The van der Waals surface area contributed by atoms with Gasteiger partial charge >= 0.3 is 0 Å². The summed E-state index contributed by atoms with van der Waals surface area (Å²) in [7, 11) is 3.02. The minimum absolute atomic E-state index is 0.344. The maximum atomic E-state index is 13.5. The van der Waals surface area contributed by atoms with Crippen molar-refractivity contribution in [3.8, 4) is 22.6 Å². The maximum absolute atomic E-state index is 13.5. The van der Waals surface area contributed by atoms with Gasteiger partial charge < -0.3 is 14.8 Å². The number of rotatable bonds is 6. The lowest BCUT2D eigenvalue weighted by Crippen LogP contribution is -2.31. The zero-order valence-electron chi connectivity index (χ0n) is 18.5. The van der Waals surface area contributed by atoms with Crippen LogP contribution in [0, 0.1) is 12.7 Å². The van der Waals surface area contributed by atoms with Crippen LogP contribution in [0.15, 0.2) is 53.6 Å². The monoisotopic (exact) mass is 467 g/mol. The van der Waals surface area contributed by atoms with E-state index in [9.17, 15) is 14.0 Å². The van der Waals surface area contributed by atoms with Crippen LogP contribution in [0.2, 0.25) is 0 Å². The van der Waals surface area contributed by atoms with Crippen LogP contribution in [0.1, 0.15) is 17.8 Å². The third-order valence-electron chi connectivity index (χ3n) is 5.41. The number of amides is 1. The lowest BCUT2D eigenvalue weighted by Gasteiger charge is -2.17. The van der Waals surface area contributed by atoms with E-state index in [1.165, 1.54) is 48.6 Å². The van der Waals surface area contributed by atoms with E-state index in [4.69, 9.17) is 9.47 Å². The first kappa shape index (κ1) is 22.5. The number of fused-ring (bicyclic) bond motifs is 1. The number of ether oxygens (including phenoxy) is 2. The Kier molecular flexibility index (Phi) is 6.15. The topological polar surface area (TPSA) is 82.4 Å². The molecule has 2 aromatic carbocycles. The maximum Gasteiger partial charge on any atom is 0.263 e. The molecule has 1 atom stereocenters. The molecule has 4 aromatic rings. The summed E-state index contributed by atoms with van der Waals surface area (Å²) < 4.78 is 25.3. The summed E-state index contributed by atoms with van der Waals surface area (Å²) in [4.78, 5) is 32.4. The van der Waals surface area contributed by atoms with Crippen molar-refractivity contribution in [3.63, 3.8) is 0 Å². The molecular formula is C24H22FN3O4S. The van der Waals surface area contributed by atoms with E-state index >= 15 is 0 Å². The first-order valence-corrected chi connectivity index (χ1v) is 10.9. The Labute approximate surface area is 193 Å². The highest BCUT2D eigenvalue weighted by molar-refractivity contribution is 7.19. The lowest BCUT2D eigenvalue weighted by molar-refractivity contribution is -0.118. The second-order valence-corrected chi connectivity index (χ2v) is 8.61. The molecule has 9 heteroatoms. The minimum Gasteiger partial charge on any atom is -0.497 e. The van der Waals surface area contributed by atoms with Gasteiger partial charge in [-0.25, -0.2) is 9.37 Å². The summed E-state index contributed by atoms with van der Waals surface area (Å²) in [5, 5.41) is 3.20. The molecule has 0 radical (unpaired) electrons. The fourth-order valence-corrected chi connectivity index (χ4v) is 4.63. The van der Waals surface area contributed by atoms with Crippen molar-refractivity contribution in [1.29, 1.82) is 0 Å². The SMILES string of the molecule is COc1ccc(OC)c(NC(=O)C(C)n2cnc3sc(C)c(-c4ccc(F)cc4)c3c2=O)c1. The normalized spacial score (nSPS) is 11.9. The van der Waals surface area contributed by atoms with Crippen molar-refractivity contribution in [2.45, 2.75) is 19.9 Å². The minimum atomic E-state index is -0.855. The van der Waals surface area contributed by atoms with Crippen molar-refractivity contribution in [2.24, 2.45) is 0 Å². The Morgan fingerprint density at radius 2 is 1.88 bits per heavy atom. The highest BCUT2D eigenvalue weighted by atomic mass is 32.1. The van der Waals surface area contributed by atoms with Gasteiger partial charge in [-0.2, -0.15) is 0 Å². The van der Waals surface area contributed by atoms with Crippen molar-refractivity contribution < 1.29 is 18.7 Å². The van der Waals surface area contributed by atoms with Crippen LogP contribution in [0.5, 0.6) is 11.5 Å². The van der Waals surface area contributed by atoms with Gasteiger partial charge in [-0.15, -0.1) is 11.3 Å². The number of hydrogen-bond acceptors (Lipinski definition) is 6. The highest BCUT2D eigenvalue weighted by Gasteiger charge is 2.23. The molecule has 2 aromatic heterocycles. The molecule has 0 bridgehead atoms. The smallest absolute Gasteiger partial charge is 0.263 e. The Hall–Kier alpha value is -3.72. The van der Waals surface area contributed by atoms with Crippen molar-refractivity contribution in [3.05, 3.63) is 69.8 Å². The fraction of sp³-hybridized carbons (Fsp3) is 0.208. The number of aryl methyl sites for hydroxylation is 1.